The summed E-state index contributed by atoms with van der Waals surface area (Å²) in [7, 11) is 0. The predicted octanol–water partition coefficient (Wildman–Crippen LogP) is 3.61. The number of rotatable bonds is 3. The minimum absolute atomic E-state index is 0.101. The minimum atomic E-state index is -0.392. The summed E-state index contributed by atoms with van der Waals surface area (Å²) in [4.78, 5) is 10.4. The first-order valence-electron chi connectivity index (χ1n) is 6.74. The van der Waals surface area contributed by atoms with Crippen LogP contribution in [0.5, 0.6) is 0 Å². The SMILES string of the molecule is Cc1cc(-c2nnc(C3CCCC3)o2)ccc1[N+](=O)[O-]. The summed E-state index contributed by atoms with van der Waals surface area (Å²) in [5.74, 6) is 1.49. The molecule has 0 unspecified atom stereocenters. The second kappa shape index (κ2) is 5.03. The van der Waals surface area contributed by atoms with Crippen LogP contribution < -0.4 is 0 Å². The Morgan fingerprint density at radius 3 is 2.70 bits per heavy atom. The Balaban J connectivity index is 1.89. The highest BCUT2D eigenvalue weighted by Crippen LogP contribution is 2.34. The van der Waals surface area contributed by atoms with Crippen LogP contribution in [0.15, 0.2) is 22.6 Å². The van der Waals surface area contributed by atoms with Crippen molar-refractivity contribution in [1.82, 2.24) is 10.2 Å². The maximum absolute atomic E-state index is 10.8. The average molecular weight is 273 g/mol. The van der Waals surface area contributed by atoms with Gasteiger partial charge in [0.1, 0.15) is 0 Å². The standard InChI is InChI=1S/C14H15N3O3/c1-9-8-11(6-7-12(9)17(18)19)14-16-15-13(20-14)10-4-2-3-5-10/h6-8,10H,2-5H2,1H3. The van der Waals surface area contributed by atoms with Gasteiger partial charge in [0.05, 0.1) is 4.92 Å². The molecular weight excluding hydrogens is 258 g/mol. The van der Waals surface area contributed by atoms with E-state index < -0.39 is 4.92 Å². The summed E-state index contributed by atoms with van der Waals surface area (Å²) in [5.41, 5.74) is 1.42. The van der Waals surface area contributed by atoms with Gasteiger partial charge in [0, 0.05) is 23.1 Å². The Labute approximate surface area is 116 Å². The van der Waals surface area contributed by atoms with E-state index in [1.165, 1.54) is 18.9 Å². The molecule has 20 heavy (non-hydrogen) atoms. The Morgan fingerprint density at radius 1 is 1.30 bits per heavy atom. The van der Waals surface area contributed by atoms with Gasteiger partial charge in [0.15, 0.2) is 0 Å². The van der Waals surface area contributed by atoms with Crippen molar-refractivity contribution in [2.24, 2.45) is 0 Å². The molecule has 6 heteroatoms. The van der Waals surface area contributed by atoms with Gasteiger partial charge in [0.2, 0.25) is 11.8 Å². The van der Waals surface area contributed by atoms with E-state index in [-0.39, 0.29) is 5.69 Å². The number of hydrogen-bond donors (Lipinski definition) is 0. The van der Waals surface area contributed by atoms with Gasteiger partial charge in [-0.15, -0.1) is 10.2 Å². The predicted molar refractivity (Wildman–Crippen MR) is 72.3 cm³/mol. The van der Waals surface area contributed by atoms with Crippen LogP contribution >= 0.6 is 0 Å². The number of aryl methyl sites for hydroxylation is 1. The van der Waals surface area contributed by atoms with E-state index >= 15 is 0 Å². The zero-order valence-corrected chi connectivity index (χ0v) is 11.2. The number of nitro groups is 1. The molecule has 0 saturated heterocycles. The number of aromatic nitrogens is 2. The summed E-state index contributed by atoms with van der Waals surface area (Å²) < 4.78 is 5.72. The molecule has 1 aliphatic rings. The van der Waals surface area contributed by atoms with Crippen LogP contribution in [0.25, 0.3) is 11.5 Å². The maximum atomic E-state index is 10.8. The molecule has 0 amide bonds. The molecule has 0 bridgehead atoms. The molecule has 0 spiro atoms. The van der Waals surface area contributed by atoms with Crippen LogP contribution in [0.4, 0.5) is 5.69 Å². The van der Waals surface area contributed by atoms with Gasteiger partial charge in [-0.3, -0.25) is 10.1 Å². The average Bonchev–Trinajstić information content (AvgIpc) is 3.09. The summed E-state index contributed by atoms with van der Waals surface area (Å²) in [6.45, 7) is 1.70. The van der Waals surface area contributed by atoms with Gasteiger partial charge >= 0.3 is 0 Å². The Morgan fingerprint density at radius 2 is 2.05 bits per heavy atom. The van der Waals surface area contributed by atoms with Crippen molar-refractivity contribution < 1.29 is 9.34 Å². The quantitative estimate of drug-likeness (QED) is 0.630. The molecule has 1 fully saturated rings. The second-order valence-corrected chi connectivity index (χ2v) is 5.19. The highest BCUT2D eigenvalue weighted by Gasteiger charge is 2.23. The largest absolute Gasteiger partial charge is 0.420 e. The van der Waals surface area contributed by atoms with E-state index in [2.05, 4.69) is 10.2 Å². The Kier molecular flexibility index (Phi) is 3.22. The number of benzene rings is 1. The Bertz CT molecular complexity index is 645. The molecule has 3 rings (SSSR count). The lowest BCUT2D eigenvalue weighted by molar-refractivity contribution is -0.385. The normalized spacial score (nSPS) is 15.7. The van der Waals surface area contributed by atoms with Crippen LogP contribution in [0.3, 0.4) is 0 Å². The highest BCUT2D eigenvalue weighted by molar-refractivity contribution is 5.58. The van der Waals surface area contributed by atoms with E-state index in [1.54, 1.807) is 19.1 Å². The molecule has 0 aliphatic heterocycles. The van der Waals surface area contributed by atoms with E-state index in [9.17, 15) is 10.1 Å². The third kappa shape index (κ3) is 2.29. The molecule has 1 heterocycles. The third-order valence-electron chi connectivity index (χ3n) is 3.79. The molecular formula is C14H15N3O3. The molecule has 6 nitrogen and oxygen atoms in total. The van der Waals surface area contributed by atoms with E-state index in [4.69, 9.17) is 4.42 Å². The summed E-state index contributed by atoms with van der Waals surface area (Å²) in [6, 6.07) is 4.84. The van der Waals surface area contributed by atoms with Gasteiger partial charge in [-0.25, -0.2) is 0 Å². The van der Waals surface area contributed by atoms with Gasteiger partial charge in [0.25, 0.3) is 5.69 Å². The van der Waals surface area contributed by atoms with Crippen LogP contribution in [0, 0.1) is 17.0 Å². The minimum Gasteiger partial charge on any atom is -0.420 e. The van der Waals surface area contributed by atoms with Crippen molar-refractivity contribution in [2.75, 3.05) is 0 Å². The lowest BCUT2D eigenvalue weighted by Gasteiger charge is -2.01. The topological polar surface area (TPSA) is 82.1 Å². The molecule has 0 N–H and O–H groups in total. The first kappa shape index (κ1) is 12.8. The zero-order valence-electron chi connectivity index (χ0n) is 11.2. The number of hydrogen-bond acceptors (Lipinski definition) is 5. The van der Waals surface area contributed by atoms with Crippen molar-refractivity contribution in [2.45, 2.75) is 38.5 Å². The Hall–Kier alpha value is -2.24. The fraction of sp³-hybridized carbons (Fsp3) is 0.429. The molecule has 0 radical (unpaired) electrons. The van der Waals surface area contributed by atoms with Crippen LogP contribution in [-0.4, -0.2) is 15.1 Å². The van der Waals surface area contributed by atoms with Crippen molar-refractivity contribution in [3.05, 3.63) is 39.8 Å². The smallest absolute Gasteiger partial charge is 0.272 e. The number of nitro benzene ring substituents is 1. The number of nitrogens with zero attached hydrogens (tertiary/aromatic N) is 3. The van der Waals surface area contributed by atoms with Gasteiger partial charge in [-0.05, 0) is 31.9 Å². The molecule has 2 aromatic rings. The fourth-order valence-corrected chi connectivity index (χ4v) is 2.68. The van der Waals surface area contributed by atoms with Gasteiger partial charge in [-0.1, -0.05) is 12.8 Å². The van der Waals surface area contributed by atoms with E-state index in [1.807, 2.05) is 0 Å². The summed E-state index contributed by atoms with van der Waals surface area (Å²) in [6.07, 6.45) is 4.61. The van der Waals surface area contributed by atoms with Crippen LogP contribution in [-0.2, 0) is 0 Å². The maximum Gasteiger partial charge on any atom is 0.272 e. The lowest BCUT2D eigenvalue weighted by Crippen LogP contribution is -1.91. The molecule has 1 aromatic carbocycles. The highest BCUT2D eigenvalue weighted by atomic mass is 16.6. The fourth-order valence-electron chi connectivity index (χ4n) is 2.68. The molecule has 1 aliphatic carbocycles. The summed E-state index contributed by atoms with van der Waals surface area (Å²) in [5, 5.41) is 19.0. The molecule has 104 valence electrons. The van der Waals surface area contributed by atoms with Gasteiger partial charge < -0.3 is 4.42 Å². The lowest BCUT2D eigenvalue weighted by atomic mass is 10.1. The molecule has 0 atom stereocenters. The van der Waals surface area contributed by atoms with Crippen LogP contribution in [0.2, 0.25) is 0 Å². The molecule has 1 aromatic heterocycles. The van der Waals surface area contributed by atoms with E-state index in [0.717, 1.165) is 18.4 Å². The summed E-state index contributed by atoms with van der Waals surface area (Å²) >= 11 is 0. The third-order valence-corrected chi connectivity index (χ3v) is 3.79. The molecule has 1 saturated carbocycles. The van der Waals surface area contributed by atoms with E-state index in [0.29, 0.717) is 23.3 Å². The monoisotopic (exact) mass is 273 g/mol. The first-order valence-corrected chi connectivity index (χ1v) is 6.74. The first-order chi connectivity index (χ1) is 9.65. The van der Waals surface area contributed by atoms with Crippen molar-refractivity contribution in [3.8, 4) is 11.5 Å². The van der Waals surface area contributed by atoms with Gasteiger partial charge in [-0.2, -0.15) is 0 Å². The van der Waals surface area contributed by atoms with Crippen molar-refractivity contribution >= 4 is 5.69 Å². The van der Waals surface area contributed by atoms with Crippen molar-refractivity contribution in [3.63, 3.8) is 0 Å². The second-order valence-electron chi connectivity index (χ2n) is 5.19. The van der Waals surface area contributed by atoms with Crippen LogP contribution in [0.1, 0.15) is 43.1 Å². The zero-order chi connectivity index (χ0) is 14.1. The van der Waals surface area contributed by atoms with Crippen molar-refractivity contribution in [1.29, 1.82) is 0 Å².